The second-order valence-corrected chi connectivity index (χ2v) is 9.07. The predicted molar refractivity (Wildman–Crippen MR) is 135 cm³/mol. The van der Waals surface area contributed by atoms with Crippen LogP contribution in [0.3, 0.4) is 0 Å². The molecule has 0 saturated heterocycles. The number of carbonyl (C=O) groups excluding carboxylic acids is 4. The maximum atomic E-state index is 13.1. The molecular formula is C26H49AlO5. The highest BCUT2D eigenvalue weighted by Gasteiger charge is 2.33. The van der Waals surface area contributed by atoms with E-state index in [0.29, 0.717) is 0 Å². The predicted octanol–water partition coefficient (Wildman–Crippen LogP) is 5.42. The zero-order valence-corrected chi connectivity index (χ0v) is 20.7. The second kappa shape index (κ2) is 20.6. The minimum atomic E-state index is -0.782. The number of Topliss-reactive ketones (excluding diaryl/α,β-unsaturated/α-hetero) is 2. The average Bonchev–Trinajstić information content (AvgIpc) is 2.72. The summed E-state index contributed by atoms with van der Waals surface area (Å²) >= 11 is 0. The van der Waals surface area contributed by atoms with E-state index in [-0.39, 0.29) is 53.6 Å². The van der Waals surface area contributed by atoms with Crippen molar-refractivity contribution >= 4 is 40.9 Å². The van der Waals surface area contributed by atoms with Crippen LogP contribution in [0.4, 0.5) is 0 Å². The molecule has 0 aromatic heterocycles. The Hall–Kier alpha value is -0.988. The van der Waals surface area contributed by atoms with Crippen LogP contribution in [-0.4, -0.2) is 40.9 Å². The number of ketones is 2. The van der Waals surface area contributed by atoms with Crippen molar-refractivity contribution in [2.75, 3.05) is 0 Å². The Kier molecular flexibility index (Phi) is 21.4. The smallest absolute Gasteiger partial charge is 0.313 e. The van der Waals surface area contributed by atoms with Crippen LogP contribution in [0.1, 0.15) is 125 Å². The third-order valence-electron chi connectivity index (χ3n) is 6.03. The van der Waals surface area contributed by atoms with Gasteiger partial charge in [0.25, 0.3) is 0 Å². The summed E-state index contributed by atoms with van der Waals surface area (Å²) in [6.07, 6.45) is 12.9. The van der Waals surface area contributed by atoms with Gasteiger partial charge in [-0.1, -0.05) is 91.9 Å². The number of hydrogen-bond acceptors (Lipinski definition) is 5. The number of rotatable bonds is 19. The van der Waals surface area contributed by atoms with Crippen molar-refractivity contribution in [3.63, 3.8) is 0 Å². The average molecular weight is 469 g/mol. The van der Waals surface area contributed by atoms with Gasteiger partial charge in [-0.3, -0.25) is 19.2 Å². The molecule has 0 aromatic rings. The Morgan fingerprint density at radius 2 is 1.06 bits per heavy atom. The summed E-state index contributed by atoms with van der Waals surface area (Å²) < 4.78 is 4.59. The first-order valence-electron chi connectivity index (χ1n) is 12.5. The minimum absolute atomic E-state index is 0. The summed E-state index contributed by atoms with van der Waals surface area (Å²) in [4.78, 5) is 49.1. The van der Waals surface area contributed by atoms with Crippen LogP contribution in [0, 0.1) is 17.8 Å². The molecule has 0 fully saturated rings. The molecule has 2 atom stereocenters. The Bertz CT molecular complexity index is 514. The van der Waals surface area contributed by atoms with Crippen LogP contribution >= 0.6 is 0 Å². The summed E-state index contributed by atoms with van der Waals surface area (Å²) in [5, 5.41) is 0. The summed E-state index contributed by atoms with van der Waals surface area (Å²) in [6, 6.07) is 0. The maximum absolute atomic E-state index is 13.1. The van der Waals surface area contributed by atoms with E-state index in [0.717, 1.165) is 38.5 Å². The van der Waals surface area contributed by atoms with Crippen molar-refractivity contribution in [2.45, 2.75) is 125 Å². The van der Waals surface area contributed by atoms with Gasteiger partial charge < -0.3 is 4.74 Å². The molecule has 0 bridgehead atoms. The molecular weight excluding hydrogens is 419 g/mol. The first kappa shape index (κ1) is 33.2. The third kappa shape index (κ3) is 15.8. The molecule has 6 heteroatoms. The van der Waals surface area contributed by atoms with E-state index in [2.05, 4.69) is 18.6 Å². The molecule has 0 amide bonds. The first-order valence-corrected chi connectivity index (χ1v) is 12.5. The van der Waals surface area contributed by atoms with Gasteiger partial charge in [0.15, 0.2) is 17.4 Å². The Morgan fingerprint density at radius 3 is 1.44 bits per heavy atom. The Morgan fingerprint density at radius 1 is 0.656 bits per heavy atom. The van der Waals surface area contributed by atoms with E-state index < -0.39 is 17.9 Å². The SMILES string of the molecule is CCCCCCCC(C)C(=O)C(CCC(=O)OC(C)=O)C(=O)C(C)CCCCCCC.[AlH3]. The highest BCUT2D eigenvalue weighted by atomic mass is 27.0. The topological polar surface area (TPSA) is 77.5 Å². The van der Waals surface area contributed by atoms with E-state index in [1.165, 1.54) is 45.4 Å². The molecule has 32 heavy (non-hydrogen) atoms. The molecule has 0 spiro atoms. The lowest BCUT2D eigenvalue weighted by molar-refractivity contribution is -0.158. The molecule has 0 aliphatic rings. The summed E-state index contributed by atoms with van der Waals surface area (Å²) in [5.41, 5.74) is 0. The van der Waals surface area contributed by atoms with E-state index >= 15 is 0 Å². The fourth-order valence-corrected chi connectivity index (χ4v) is 3.98. The van der Waals surface area contributed by atoms with Gasteiger partial charge in [0.05, 0.1) is 5.92 Å². The maximum Gasteiger partial charge on any atom is 0.313 e. The van der Waals surface area contributed by atoms with Gasteiger partial charge in [-0.15, -0.1) is 0 Å². The first-order chi connectivity index (χ1) is 14.7. The molecule has 0 aliphatic heterocycles. The van der Waals surface area contributed by atoms with E-state index in [1.54, 1.807) is 0 Å². The summed E-state index contributed by atoms with van der Waals surface area (Å²) in [6.45, 7) is 9.30. The van der Waals surface area contributed by atoms with Crippen molar-refractivity contribution in [1.82, 2.24) is 0 Å². The normalized spacial score (nSPS) is 13.5. The molecule has 0 rings (SSSR count). The second-order valence-electron chi connectivity index (χ2n) is 9.07. The van der Waals surface area contributed by atoms with E-state index in [4.69, 9.17) is 0 Å². The lowest BCUT2D eigenvalue weighted by atomic mass is 9.80. The van der Waals surface area contributed by atoms with Gasteiger partial charge in [-0.05, 0) is 19.3 Å². The molecule has 0 aromatic carbocycles. The van der Waals surface area contributed by atoms with E-state index in [1.807, 2.05) is 13.8 Å². The molecule has 0 N–H and O–H groups in total. The highest BCUT2D eigenvalue weighted by molar-refractivity contribution is 6.04. The molecule has 5 nitrogen and oxygen atoms in total. The lowest BCUT2D eigenvalue weighted by Crippen LogP contribution is -2.33. The van der Waals surface area contributed by atoms with Gasteiger partial charge in [0.2, 0.25) is 0 Å². The zero-order valence-electron chi connectivity index (χ0n) is 20.7. The van der Waals surface area contributed by atoms with Crippen LogP contribution in [0.5, 0.6) is 0 Å². The summed E-state index contributed by atoms with van der Waals surface area (Å²) in [7, 11) is 0. The van der Waals surface area contributed by atoms with Crippen molar-refractivity contribution in [1.29, 1.82) is 0 Å². The third-order valence-corrected chi connectivity index (χ3v) is 6.03. The number of unbranched alkanes of at least 4 members (excludes halogenated alkanes) is 8. The van der Waals surface area contributed by atoms with Gasteiger partial charge in [-0.2, -0.15) is 0 Å². The molecule has 186 valence electrons. The number of esters is 2. The molecule has 2 unspecified atom stereocenters. The van der Waals surface area contributed by atoms with E-state index in [9.17, 15) is 19.2 Å². The van der Waals surface area contributed by atoms with Crippen molar-refractivity contribution in [3.05, 3.63) is 0 Å². The van der Waals surface area contributed by atoms with Crippen molar-refractivity contribution in [2.24, 2.45) is 17.8 Å². The minimum Gasteiger partial charge on any atom is -0.393 e. The standard InChI is InChI=1S/C26H46O5.Al.3H/c1-6-8-10-12-14-16-20(3)25(29)23(18-19-24(28)31-22(5)27)26(30)21(4)17-15-13-11-9-7-2;;;;/h20-21,23H,6-19H2,1-5H3;;;;. The van der Waals surface area contributed by atoms with Crippen LogP contribution in [0.25, 0.3) is 0 Å². The molecule has 0 aliphatic carbocycles. The fraction of sp³-hybridized carbons (Fsp3) is 0.846. The fourth-order valence-electron chi connectivity index (χ4n) is 3.98. The van der Waals surface area contributed by atoms with Crippen LogP contribution in [0.2, 0.25) is 0 Å². The number of carbonyl (C=O) groups is 4. The van der Waals surface area contributed by atoms with Gasteiger partial charge in [-0.25, -0.2) is 0 Å². The van der Waals surface area contributed by atoms with Crippen molar-refractivity contribution < 1.29 is 23.9 Å². The largest absolute Gasteiger partial charge is 0.393 e. The molecule has 0 heterocycles. The molecule has 0 radical (unpaired) electrons. The van der Waals surface area contributed by atoms with Crippen LogP contribution in [0.15, 0.2) is 0 Å². The van der Waals surface area contributed by atoms with Gasteiger partial charge in [0, 0.05) is 25.2 Å². The van der Waals surface area contributed by atoms with Gasteiger partial charge in [0.1, 0.15) is 11.6 Å². The monoisotopic (exact) mass is 468 g/mol. The van der Waals surface area contributed by atoms with Crippen molar-refractivity contribution in [3.8, 4) is 0 Å². The van der Waals surface area contributed by atoms with Gasteiger partial charge >= 0.3 is 11.9 Å². The number of ether oxygens (including phenoxy) is 1. The Labute approximate surface area is 206 Å². The number of hydrogen-bond donors (Lipinski definition) is 0. The van der Waals surface area contributed by atoms with Crippen LogP contribution in [-0.2, 0) is 23.9 Å². The summed E-state index contributed by atoms with van der Waals surface area (Å²) in [5.74, 6) is -2.64. The quantitative estimate of drug-likeness (QED) is 0.109. The Balaban J connectivity index is 0. The lowest BCUT2D eigenvalue weighted by Gasteiger charge is -2.22. The zero-order chi connectivity index (χ0) is 23.6. The molecule has 0 saturated carbocycles. The highest BCUT2D eigenvalue weighted by Crippen LogP contribution is 2.25. The van der Waals surface area contributed by atoms with Crippen LogP contribution < -0.4 is 0 Å².